The number of aromatic nitrogens is 2. The Hall–Kier alpha value is -2.05. The number of nitrogens with one attached hydrogen (secondary N) is 1. The van der Waals surface area contributed by atoms with E-state index < -0.39 is 11.8 Å². The smallest absolute Gasteiger partial charge is 0.217 e. The zero-order valence-electron chi connectivity index (χ0n) is 7.56. The lowest BCUT2D eigenvalue weighted by Crippen LogP contribution is -2.16. The molecule has 0 aliphatic heterocycles. The number of imidazole rings is 1. The van der Waals surface area contributed by atoms with Crippen molar-refractivity contribution in [1.29, 1.82) is 0 Å². The Morgan fingerprint density at radius 2 is 1.79 bits per heavy atom. The van der Waals surface area contributed by atoms with Crippen LogP contribution in [0.3, 0.4) is 0 Å². The van der Waals surface area contributed by atoms with E-state index >= 15 is 0 Å². The number of H-pyrrole nitrogens is 1. The molecular weight excluding hydrogens is 186 g/mol. The minimum atomic E-state index is -0.496. The number of amides is 2. The van der Waals surface area contributed by atoms with Crippen molar-refractivity contribution >= 4 is 17.6 Å². The van der Waals surface area contributed by atoms with E-state index in [1.165, 1.54) is 6.33 Å². The Bertz CT molecular complexity index is 268. The normalized spacial score (nSPS) is 8.57. The number of carbonyl (C=O) groups excluding carboxylic acids is 2. The Balaban J connectivity index is 0.000000249. The SMILES string of the molecule is NC(=O)CCC(N)=O.Nc1cnc[nH]1. The summed E-state index contributed by atoms with van der Waals surface area (Å²) in [7, 11) is 0. The number of hydrogen-bond donors (Lipinski definition) is 4. The van der Waals surface area contributed by atoms with Gasteiger partial charge in [0.05, 0.1) is 12.5 Å². The molecule has 0 aromatic carbocycles. The fourth-order valence-electron chi connectivity index (χ4n) is 0.513. The molecule has 0 saturated heterocycles. The molecule has 0 spiro atoms. The second kappa shape index (κ2) is 6.46. The van der Waals surface area contributed by atoms with Gasteiger partial charge in [-0.3, -0.25) is 9.59 Å². The van der Waals surface area contributed by atoms with Crippen molar-refractivity contribution in [3.8, 4) is 0 Å². The first-order valence-corrected chi connectivity index (χ1v) is 3.83. The van der Waals surface area contributed by atoms with Crippen molar-refractivity contribution in [2.24, 2.45) is 11.5 Å². The molecule has 7 nitrogen and oxygen atoms in total. The Morgan fingerprint density at radius 1 is 1.29 bits per heavy atom. The molecule has 78 valence electrons. The number of nitrogens with zero attached hydrogens (tertiary/aromatic N) is 1. The van der Waals surface area contributed by atoms with E-state index in [4.69, 9.17) is 17.2 Å². The predicted molar refractivity (Wildman–Crippen MR) is 50.6 cm³/mol. The van der Waals surface area contributed by atoms with E-state index in [-0.39, 0.29) is 12.8 Å². The molecule has 0 aliphatic rings. The third kappa shape index (κ3) is 8.05. The molecule has 1 heterocycles. The first-order chi connectivity index (χ1) is 6.52. The fraction of sp³-hybridized carbons (Fsp3) is 0.286. The molecule has 0 aliphatic carbocycles. The molecule has 0 bridgehead atoms. The third-order valence-electron chi connectivity index (χ3n) is 1.14. The van der Waals surface area contributed by atoms with Gasteiger partial charge in [-0.25, -0.2) is 4.98 Å². The maximum atomic E-state index is 9.92. The maximum Gasteiger partial charge on any atom is 0.217 e. The van der Waals surface area contributed by atoms with Gasteiger partial charge in [-0.1, -0.05) is 0 Å². The van der Waals surface area contributed by atoms with Crippen LogP contribution in [0.25, 0.3) is 0 Å². The largest absolute Gasteiger partial charge is 0.384 e. The third-order valence-corrected chi connectivity index (χ3v) is 1.14. The van der Waals surface area contributed by atoms with E-state index in [0.29, 0.717) is 5.82 Å². The quantitative estimate of drug-likeness (QED) is 0.481. The summed E-state index contributed by atoms with van der Waals surface area (Å²) in [4.78, 5) is 26.1. The van der Waals surface area contributed by atoms with Crippen molar-refractivity contribution in [2.45, 2.75) is 12.8 Å². The molecular formula is C7H13N5O2. The minimum Gasteiger partial charge on any atom is -0.384 e. The van der Waals surface area contributed by atoms with E-state index in [0.717, 1.165) is 0 Å². The van der Waals surface area contributed by atoms with Gasteiger partial charge in [0.25, 0.3) is 0 Å². The average molecular weight is 199 g/mol. The molecule has 0 saturated carbocycles. The van der Waals surface area contributed by atoms with Crippen LogP contribution >= 0.6 is 0 Å². The molecule has 14 heavy (non-hydrogen) atoms. The standard InChI is InChI=1S/C4H8N2O2.C3H5N3/c5-3(7)1-2-4(6)8;4-3-1-5-2-6-3/h1-2H2,(H2,5,7)(H2,6,8);1-2H,4H2,(H,5,6). The van der Waals surface area contributed by atoms with Gasteiger partial charge in [0.2, 0.25) is 11.8 Å². The van der Waals surface area contributed by atoms with Crippen LogP contribution in [-0.2, 0) is 9.59 Å². The summed E-state index contributed by atoms with van der Waals surface area (Å²) in [5.74, 6) is -0.386. The second-order valence-corrected chi connectivity index (χ2v) is 2.44. The number of nitrogens with two attached hydrogens (primary N) is 3. The molecule has 2 amide bonds. The summed E-state index contributed by atoms with van der Waals surface area (Å²) in [6.07, 6.45) is 3.19. The molecule has 1 aromatic rings. The molecule has 1 rings (SSSR count). The van der Waals surface area contributed by atoms with Gasteiger partial charge in [-0.05, 0) is 0 Å². The zero-order chi connectivity index (χ0) is 11.0. The van der Waals surface area contributed by atoms with Crippen molar-refractivity contribution < 1.29 is 9.59 Å². The van der Waals surface area contributed by atoms with Gasteiger partial charge in [0.15, 0.2) is 0 Å². The first kappa shape index (κ1) is 11.9. The molecule has 1 aromatic heterocycles. The zero-order valence-corrected chi connectivity index (χ0v) is 7.56. The number of primary amides is 2. The van der Waals surface area contributed by atoms with Gasteiger partial charge >= 0.3 is 0 Å². The van der Waals surface area contributed by atoms with Crippen LogP contribution in [0.15, 0.2) is 12.5 Å². The van der Waals surface area contributed by atoms with Gasteiger partial charge in [-0.2, -0.15) is 0 Å². The molecule has 0 radical (unpaired) electrons. The van der Waals surface area contributed by atoms with Crippen LogP contribution in [0.5, 0.6) is 0 Å². The average Bonchev–Trinajstić information content (AvgIpc) is 2.53. The highest BCUT2D eigenvalue weighted by atomic mass is 16.2. The summed E-state index contributed by atoms with van der Waals surface area (Å²) in [5, 5.41) is 0. The van der Waals surface area contributed by atoms with Crippen LogP contribution in [0.1, 0.15) is 12.8 Å². The Kier molecular flexibility index (Phi) is 5.52. The number of carbonyl (C=O) groups is 2. The highest BCUT2D eigenvalue weighted by Crippen LogP contribution is 1.85. The van der Waals surface area contributed by atoms with E-state index in [1.807, 2.05) is 0 Å². The number of rotatable bonds is 3. The molecule has 0 atom stereocenters. The summed E-state index contributed by atoms with van der Waals surface area (Å²) < 4.78 is 0. The molecule has 0 fully saturated rings. The molecule has 0 unspecified atom stereocenters. The van der Waals surface area contributed by atoms with Crippen molar-refractivity contribution in [1.82, 2.24) is 9.97 Å². The van der Waals surface area contributed by atoms with Crippen LogP contribution in [0.4, 0.5) is 5.82 Å². The maximum absolute atomic E-state index is 9.92. The minimum absolute atomic E-state index is 0.0509. The van der Waals surface area contributed by atoms with E-state index in [9.17, 15) is 9.59 Å². The Labute approximate surface area is 80.7 Å². The highest BCUT2D eigenvalue weighted by Gasteiger charge is 1.96. The lowest BCUT2D eigenvalue weighted by molar-refractivity contribution is -0.123. The van der Waals surface area contributed by atoms with Crippen LogP contribution < -0.4 is 17.2 Å². The van der Waals surface area contributed by atoms with Gasteiger partial charge < -0.3 is 22.2 Å². The second-order valence-electron chi connectivity index (χ2n) is 2.44. The lowest BCUT2D eigenvalue weighted by atomic mass is 10.3. The number of hydrogen-bond acceptors (Lipinski definition) is 4. The Morgan fingerprint density at radius 3 is 1.93 bits per heavy atom. The predicted octanol–water partition coefficient (Wildman–Crippen LogP) is -1.27. The van der Waals surface area contributed by atoms with E-state index in [2.05, 4.69) is 9.97 Å². The topological polar surface area (TPSA) is 141 Å². The van der Waals surface area contributed by atoms with Gasteiger partial charge in [0.1, 0.15) is 5.82 Å². The molecule has 7 heteroatoms. The first-order valence-electron chi connectivity index (χ1n) is 3.83. The monoisotopic (exact) mass is 199 g/mol. The number of aromatic amines is 1. The van der Waals surface area contributed by atoms with Crippen molar-refractivity contribution in [3.63, 3.8) is 0 Å². The van der Waals surface area contributed by atoms with Gasteiger partial charge in [0, 0.05) is 12.8 Å². The summed E-state index contributed by atoms with van der Waals surface area (Å²) in [5.41, 5.74) is 14.5. The number of nitrogen functional groups attached to an aromatic ring is 1. The lowest BCUT2D eigenvalue weighted by Gasteiger charge is -1.87. The van der Waals surface area contributed by atoms with Crippen LogP contribution in [0.2, 0.25) is 0 Å². The summed E-state index contributed by atoms with van der Waals surface area (Å²) in [6.45, 7) is 0. The van der Waals surface area contributed by atoms with Crippen LogP contribution in [0, 0.1) is 0 Å². The highest BCUT2D eigenvalue weighted by molar-refractivity contribution is 5.81. The number of anilines is 1. The van der Waals surface area contributed by atoms with E-state index in [1.54, 1.807) is 6.20 Å². The summed E-state index contributed by atoms with van der Waals surface area (Å²) in [6, 6.07) is 0. The van der Waals surface area contributed by atoms with Gasteiger partial charge in [-0.15, -0.1) is 0 Å². The van der Waals surface area contributed by atoms with Crippen LogP contribution in [-0.4, -0.2) is 21.8 Å². The fourth-order valence-corrected chi connectivity index (χ4v) is 0.513. The molecule has 7 N–H and O–H groups in total. The summed E-state index contributed by atoms with van der Waals surface area (Å²) >= 11 is 0. The van der Waals surface area contributed by atoms with Crippen molar-refractivity contribution in [2.75, 3.05) is 5.73 Å². The van der Waals surface area contributed by atoms with Crippen molar-refractivity contribution in [3.05, 3.63) is 12.5 Å².